The first kappa shape index (κ1) is 18.6. The van der Waals surface area contributed by atoms with Crippen molar-refractivity contribution in [3.05, 3.63) is 41.3 Å². The van der Waals surface area contributed by atoms with E-state index in [0.717, 1.165) is 23.2 Å². The number of hydrogen-bond acceptors (Lipinski definition) is 6. The summed E-state index contributed by atoms with van der Waals surface area (Å²) in [7, 11) is 0. The van der Waals surface area contributed by atoms with E-state index >= 15 is 0 Å². The molecule has 3 N–H and O–H groups in total. The second kappa shape index (κ2) is 7.43. The number of fused-ring (bicyclic) bond motifs is 1. The van der Waals surface area contributed by atoms with Gasteiger partial charge in [0, 0.05) is 54.3 Å². The molecule has 8 nitrogen and oxygen atoms in total. The van der Waals surface area contributed by atoms with Crippen LogP contribution < -0.4 is 10.6 Å². The average molecular weight is 401 g/mol. The van der Waals surface area contributed by atoms with Crippen LogP contribution in [0.5, 0.6) is 0 Å². The van der Waals surface area contributed by atoms with Crippen molar-refractivity contribution in [2.75, 3.05) is 25.0 Å². The van der Waals surface area contributed by atoms with Crippen molar-refractivity contribution in [3.63, 3.8) is 0 Å². The largest absolute Gasteiger partial charge is 0.333 e. The molecule has 0 radical (unpaired) electrons. The summed E-state index contributed by atoms with van der Waals surface area (Å²) in [6.07, 6.45) is 7.95. The lowest BCUT2D eigenvalue weighted by molar-refractivity contribution is 0.0697. The Morgan fingerprint density at radius 1 is 1.30 bits per heavy atom. The van der Waals surface area contributed by atoms with E-state index in [9.17, 15) is 4.79 Å². The minimum atomic E-state index is -0.171. The number of nitrogens with zero attached hydrogens (tertiary/aromatic N) is 4. The van der Waals surface area contributed by atoms with Gasteiger partial charge in [0.1, 0.15) is 5.82 Å². The first-order valence-electron chi connectivity index (χ1n) is 10.2. The quantitative estimate of drug-likeness (QED) is 0.581. The molecule has 2 aromatic heterocycles. The summed E-state index contributed by atoms with van der Waals surface area (Å²) in [6.45, 7) is 4.08. The molecule has 5 rings (SSSR count). The van der Waals surface area contributed by atoms with E-state index < -0.39 is 0 Å². The van der Waals surface area contributed by atoms with Gasteiger partial charge in [0.05, 0.1) is 5.52 Å². The molecule has 152 valence electrons. The van der Waals surface area contributed by atoms with Gasteiger partial charge in [-0.15, -0.1) is 6.42 Å². The molecule has 1 aliphatic carbocycles. The standard InChI is InChI=1S/C22H23N7O/c1-3-14-4-7-17-16(10-14)20(25-19-11-18(27-28-19)15-5-6-15)26-21(24-17)22(30)29-9-8-23-13(2)12-29/h1,4,7,10-11,13,15,23H,5-6,8-9,12H2,2H3,(H2,24,25,26,27,28)/t13-/m1/s1. The molecule has 1 aliphatic heterocycles. The fourth-order valence-corrected chi connectivity index (χ4v) is 3.79. The monoisotopic (exact) mass is 401 g/mol. The summed E-state index contributed by atoms with van der Waals surface area (Å²) < 4.78 is 0. The fourth-order valence-electron chi connectivity index (χ4n) is 3.79. The fraction of sp³-hybridized carbons (Fsp3) is 0.364. The van der Waals surface area contributed by atoms with Crippen molar-refractivity contribution in [2.45, 2.75) is 31.7 Å². The van der Waals surface area contributed by atoms with E-state index in [1.807, 2.05) is 24.3 Å². The molecule has 1 aromatic carbocycles. The van der Waals surface area contributed by atoms with Crippen LogP contribution in [0.4, 0.5) is 11.6 Å². The van der Waals surface area contributed by atoms with Gasteiger partial charge in [0.2, 0.25) is 5.82 Å². The number of H-pyrrole nitrogens is 1. The van der Waals surface area contributed by atoms with Gasteiger partial charge in [0.15, 0.2) is 5.82 Å². The minimum absolute atomic E-state index is 0.171. The van der Waals surface area contributed by atoms with E-state index in [1.165, 1.54) is 12.8 Å². The second-order valence-corrected chi connectivity index (χ2v) is 7.99. The molecule has 0 bridgehead atoms. The van der Waals surface area contributed by atoms with Crippen LogP contribution in [0.2, 0.25) is 0 Å². The predicted molar refractivity (Wildman–Crippen MR) is 115 cm³/mol. The average Bonchev–Trinajstić information content (AvgIpc) is 3.51. The molecular weight excluding hydrogens is 378 g/mol. The molecule has 1 saturated carbocycles. The number of rotatable bonds is 4. The zero-order chi connectivity index (χ0) is 20.7. The maximum atomic E-state index is 13.1. The summed E-state index contributed by atoms with van der Waals surface area (Å²) in [6, 6.07) is 7.74. The van der Waals surface area contributed by atoms with Crippen LogP contribution in [-0.4, -0.2) is 56.6 Å². The molecule has 3 aromatic rings. The predicted octanol–water partition coefficient (Wildman–Crippen LogP) is 2.39. The summed E-state index contributed by atoms with van der Waals surface area (Å²) >= 11 is 0. The molecule has 1 amide bonds. The Morgan fingerprint density at radius 2 is 2.17 bits per heavy atom. The first-order chi connectivity index (χ1) is 14.6. The van der Waals surface area contributed by atoms with E-state index in [2.05, 4.69) is 43.6 Å². The Kier molecular flexibility index (Phi) is 4.60. The maximum absolute atomic E-state index is 13.1. The van der Waals surface area contributed by atoms with Gasteiger partial charge in [-0.1, -0.05) is 5.92 Å². The lowest BCUT2D eigenvalue weighted by Crippen LogP contribution is -2.51. The lowest BCUT2D eigenvalue weighted by atomic mass is 10.1. The zero-order valence-electron chi connectivity index (χ0n) is 16.8. The highest BCUT2D eigenvalue weighted by molar-refractivity contribution is 5.97. The lowest BCUT2D eigenvalue weighted by Gasteiger charge is -2.31. The molecule has 8 heteroatoms. The van der Waals surface area contributed by atoms with E-state index in [-0.39, 0.29) is 17.8 Å². The number of aromatic nitrogens is 4. The van der Waals surface area contributed by atoms with Crippen molar-refractivity contribution in [1.82, 2.24) is 30.4 Å². The van der Waals surface area contributed by atoms with Crippen LogP contribution in [0.15, 0.2) is 24.3 Å². The number of hydrogen-bond donors (Lipinski definition) is 3. The smallest absolute Gasteiger partial charge is 0.291 e. The summed E-state index contributed by atoms with van der Waals surface area (Å²) in [5.41, 5.74) is 2.51. The van der Waals surface area contributed by atoms with Gasteiger partial charge in [-0.25, -0.2) is 9.97 Å². The van der Waals surface area contributed by atoms with Crippen LogP contribution in [-0.2, 0) is 0 Å². The molecule has 2 fully saturated rings. The Morgan fingerprint density at radius 3 is 2.93 bits per heavy atom. The summed E-state index contributed by atoms with van der Waals surface area (Å²) in [5, 5.41) is 14.8. The Bertz CT molecular complexity index is 1160. The highest BCUT2D eigenvalue weighted by Gasteiger charge is 2.27. The van der Waals surface area contributed by atoms with Crippen LogP contribution in [0, 0.1) is 12.3 Å². The Hall–Kier alpha value is -3.44. The Labute approximate surface area is 174 Å². The summed E-state index contributed by atoms with van der Waals surface area (Å²) in [5.74, 6) is 4.40. The Balaban J connectivity index is 1.53. The SMILES string of the molecule is C#Cc1ccc2nc(C(=O)N3CCN[C@H](C)C3)nc(Nc3cc(C4CC4)[nH]n3)c2c1. The number of nitrogens with one attached hydrogen (secondary N) is 3. The van der Waals surface area contributed by atoms with Gasteiger partial charge in [0.25, 0.3) is 5.91 Å². The number of aromatic amines is 1. The number of anilines is 2. The number of terminal acetylenes is 1. The van der Waals surface area contributed by atoms with Gasteiger partial charge >= 0.3 is 0 Å². The molecule has 0 unspecified atom stereocenters. The van der Waals surface area contributed by atoms with E-state index in [1.54, 1.807) is 4.90 Å². The second-order valence-electron chi connectivity index (χ2n) is 7.99. The van der Waals surface area contributed by atoms with Crippen molar-refractivity contribution < 1.29 is 4.79 Å². The molecule has 1 atom stereocenters. The summed E-state index contributed by atoms with van der Waals surface area (Å²) in [4.78, 5) is 24.0. The van der Waals surface area contributed by atoms with E-state index in [4.69, 9.17) is 6.42 Å². The third kappa shape index (κ3) is 3.60. The van der Waals surface area contributed by atoms with Gasteiger partial charge in [-0.3, -0.25) is 9.89 Å². The van der Waals surface area contributed by atoms with Crippen LogP contribution in [0.1, 0.15) is 47.6 Å². The van der Waals surface area contributed by atoms with Crippen LogP contribution >= 0.6 is 0 Å². The molecule has 0 spiro atoms. The van der Waals surface area contributed by atoms with Crippen molar-refractivity contribution in [2.24, 2.45) is 0 Å². The van der Waals surface area contributed by atoms with Crippen LogP contribution in [0.3, 0.4) is 0 Å². The minimum Gasteiger partial charge on any atom is -0.333 e. The van der Waals surface area contributed by atoms with Crippen molar-refractivity contribution in [1.29, 1.82) is 0 Å². The number of carbonyl (C=O) groups is 1. The third-order valence-corrected chi connectivity index (χ3v) is 5.57. The molecular formula is C22H23N7O. The van der Waals surface area contributed by atoms with Crippen molar-refractivity contribution >= 4 is 28.4 Å². The van der Waals surface area contributed by atoms with Gasteiger partial charge < -0.3 is 15.5 Å². The molecule has 3 heterocycles. The number of benzene rings is 1. The number of piperazine rings is 1. The molecule has 30 heavy (non-hydrogen) atoms. The highest BCUT2D eigenvalue weighted by atomic mass is 16.2. The zero-order valence-corrected chi connectivity index (χ0v) is 16.8. The normalized spacial score (nSPS) is 18.9. The number of carbonyl (C=O) groups excluding carboxylic acids is 1. The third-order valence-electron chi connectivity index (χ3n) is 5.57. The number of amides is 1. The van der Waals surface area contributed by atoms with Crippen LogP contribution in [0.25, 0.3) is 10.9 Å². The molecule has 1 saturated heterocycles. The van der Waals surface area contributed by atoms with E-state index in [0.29, 0.717) is 36.2 Å². The highest BCUT2D eigenvalue weighted by Crippen LogP contribution is 2.39. The maximum Gasteiger partial charge on any atom is 0.291 e. The van der Waals surface area contributed by atoms with Gasteiger partial charge in [-0.05, 0) is 38.0 Å². The van der Waals surface area contributed by atoms with Crippen molar-refractivity contribution in [3.8, 4) is 12.3 Å². The molecule has 2 aliphatic rings. The first-order valence-corrected chi connectivity index (χ1v) is 10.2. The topological polar surface area (TPSA) is 98.8 Å². The van der Waals surface area contributed by atoms with Gasteiger partial charge in [-0.2, -0.15) is 5.10 Å².